The van der Waals surface area contributed by atoms with Gasteiger partial charge >= 0.3 is 0 Å². The maximum absolute atomic E-state index is 10.2. The zero-order valence-electron chi connectivity index (χ0n) is 26.7. The third-order valence-electron chi connectivity index (χ3n) is 9.63. The molecule has 0 atom stereocenters. The lowest BCUT2D eigenvalue weighted by atomic mass is 9.94. The van der Waals surface area contributed by atoms with Crippen molar-refractivity contribution in [3.05, 3.63) is 174 Å². The number of aromatic nitrogens is 2. The second kappa shape index (κ2) is 11.4. The van der Waals surface area contributed by atoms with Crippen LogP contribution < -0.4 is 0 Å². The molecule has 0 saturated heterocycles. The Kier molecular flexibility index (Phi) is 6.56. The molecule has 50 heavy (non-hydrogen) atoms. The zero-order valence-corrected chi connectivity index (χ0v) is 26.7. The molecule has 0 aliphatic heterocycles. The monoisotopic (exact) mass is 635 g/mol. The second-order valence-electron chi connectivity index (χ2n) is 12.3. The predicted molar refractivity (Wildman–Crippen MR) is 202 cm³/mol. The Hall–Kier alpha value is -7.39. The van der Waals surface area contributed by atoms with E-state index in [9.17, 15) is 10.5 Å². The van der Waals surface area contributed by atoms with Gasteiger partial charge in [0.05, 0.1) is 57.6 Å². The third kappa shape index (κ3) is 4.31. The van der Waals surface area contributed by atoms with E-state index >= 15 is 0 Å². The molecule has 0 radical (unpaired) electrons. The highest BCUT2D eigenvalue weighted by atomic mass is 15.0. The van der Waals surface area contributed by atoms with Crippen LogP contribution in [0.1, 0.15) is 11.1 Å². The van der Waals surface area contributed by atoms with Crippen molar-refractivity contribution in [3.8, 4) is 45.8 Å². The normalized spacial score (nSPS) is 11.1. The van der Waals surface area contributed by atoms with Crippen molar-refractivity contribution in [2.75, 3.05) is 0 Å². The average Bonchev–Trinajstić information content (AvgIpc) is 3.70. The van der Waals surface area contributed by atoms with Crippen LogP contribution in [0.4, 0.5) is 5.69 Å². The molecule has 230 valence electrons. The van der Waals surface area contributed by atoms with Gasteiger partial charge in [-0.05, 0) is 77.2 Å². The summed E-state index contributed by atoms with van der Waals surface area (Å²) in [5.41, 5.74) is 11.5. The molecule has 0 spiro atoms. The Morgan fingerprint density at radius 2 is 1.16 bits per heavy atom. The first-order valence-corrected chi connectivity index (χ1v) is 16.3. The molecular formula is C45H25N5. The molecule has 2 heterocycles. The quantitative estimate of drug-likeness (QED) is 0.181. The molecule has 5 heteroatoms. The predicted octanol–water partition coefficient (Wildman–Crippen LogP) is 11.5. The molecule has 9 aromatic rings. The molecule has 7 aromatic carbocycles. The fraction of sp³-hybridized carbons (Fsp3) is 0. The second-order valence-corrected chi connectivity index (χ2v) is 12.3. The Labute approximate surface area is 288 Å². The van der Waals surface area contributed by atoms with E-state index in [1.807, 2.05) is 72.8 Å². The number of para-hydroxylation sites is 4. The molecule has 9 rings (SSSR count). The lowest BCUT2D eigenvalue weighted by Gasteiger charge is -2.16. The minimum Gasteiger partial charge on any atom is -0.319 e. The van der Waals surface area contributed by atoms with Crippen molar-refractivity contribution >= 4 is 49.3 Å². The van der Waals surface area contributed by atoms with Crippen LogP contribution in [-0.2, 0) is 0 Å². The zero-order chi connectivity index (χ0) is 33.8. The average molecular weight is 636 g/mol. The summed E-state index contributed by atoms with van der Waals surface area (Å²) >= 11 is 0. The van der Waals surface area contributed by atoms with Gasteiger partial charge in [0.1, 0.15) is 0 Å². The topological polar surface area (TPSA) is 61.8 Å². The minimum absolute atomic E-state index is 0.544. The van der Waals surface area contributed by atoms with Crippen LogP contribution in [0.15, 0.2) is 152 Å². The number of hydrogen-bond donors (Lipinski definition) is 0. The summed E-state index contributed by atoms with van der Waals surface area (Å²) in [5.74, 6) is 0. The van der Waals surface area contributed by atoms with Crippen molar-refractivity contribution in [3.63, 3.8) is 0 Å². The first-order chi connectivity index (χ1) is 24.7. The van der Waals surface area contributed by atoms with Crippen LogP contribution in [0.5, 0.6) is 0 Å². The number of rotatable bonds is 4. The van der Waals surface area contributed by atoms with Crippen molar-refractivity contribution in [2.45, 2.75) is 0 Å². The van der Waals surface area contributed by atoms with Gasteiger partial charge in [0.15, 0.2) is 0 Å². The summed E-state index contributed by atoms with van der Waals surface area (Å²) in [4.78, 5) is 3.83. The van der Waals surface area contributed by atoms with Crippen LogP contribution >= 0.6 is 0 Å². The molecule has 0 amide bonds. The molecular weight excluding hydrogens is 611 g/mol. The lowest BCUT2D eigenvalue weighted by molar-refractivity contribution is 1.18. The highest BCUT2D eigenvalue weighted by molar-refractivity contribution is 6.14. The van der Waals surface area contributed by atoms with Crippen LogP contribution in [0, 0.1) is 29.2 Å². The van der Waals surface area contributed by atoms with Gasteiger partial charge in [0, 0.05) is 33.0 Å². The molecule has 0 saturated carbocycles. The summed E-state index contributed by atoms with van der Waals surface area (Å²) in [5, 5.41) is 24.1. The van der Waals surface area contributed by atoms with Crippen molar-refractivity contribution in [1.82, 2.24) is 9.13 Å². The minimum atomic E-state index is 0.544. The van der Waals surface area contributed by atoms with Gasteiger partial charge in [-0.15, -0.1) is 0 Å². The first kappa shape index (κ1) is 28.8. The number of nitrogens with zero attached hydrogens (tertiary/aromatic N) is 5. The highest BCUT2D eigenvalue weighted by Crippen LogP contribution is 2.40. The van der Waals surface area contributed by atoms with Gasteiger partial charge in [-0.3, -0.25) is 0 Å². The molecule has 0 fully saturated rings. The van der Waals surface area contributed by atoms with Crippen LogP contribution in [0.25, 0.3) is 82.1 Å². The molecule has 2 aromatic heterocycles. The van der Waals surface area contributed by atoms with Gasteiger partial charge in [0.25, 0.3) is 0 Å². The van der Waals surface area contributed by atoms with Crippen molar-refractivity contribution in [1.29, 1.82) is 10.5 Å². The maximum Gasteiger partial charge on any atom is 0.211 e. The van der Waals surface area contributed by atoms with E-state index in [0.717, 1.165) is 66.5 Å². The molecule has 0 aliphatic carbocycles. The van der Waals surface area contributed by atoms with Gasteiger partial charge in [-0.25, -0.2) is 4.85 Å². The van der Waals surface area contributed by atoms with E-state index in [-0.39, 0.29) is 0 Å². The largest absolute Gasteiger partial charge is 0.319 e. The molecule has 5 nitrogen and oxygen atoms in total. The molecule has 0 bridgehead atoms. The summed E-state index contributed by atoms with van der Waals surface area (Å²) in [6.45, 7) is 7.89. The fourth-order valence-corrected chi connectivity index (χ4v) is 7.41. The van der Waals surface area contributed by atoms with Crippen molar-refractivity contribution < 1.29 is 0 Å². The van der Waals surface area contributed by atoms with Crippen LogP contribution in [-0.4, -0.2) is 9.13 Å². The highest BCUT2D eigenvalue weighted by Gasteiger charge is 2.18. The Morgan fingerprint density at radius 3 is 1.88 bits per heavy atom. The van der Waals surface area contributed by atoms with Gasteiger partial charge in [-0.2, -0.15) is 10.5 Å². The summed E-state index contributed by atoms with van der Waals surface area (Å²) < 4.78 is 4.42. The molecule has 0 unspecified atom stereocenters. The maximum atomic E-state index is 10.2. The van der Waals surface area contributed by atoms with E-state index in [1.165, 1.54) is 10.8 Å². The Bertz CT molecular complexity index is 2900. The summed E-state index contributed by atoms with van der Waals surface area (Å²) in [6.07, 6.45) is 0. The smallest absolute Gasteiger partial charge is 0.211 e. The standard InChI is InChI=1S/C45H25N5/c1-48-40-13-8-12-37-39-25-29(27-46)17-24-44(39)49(45(37)40)33-22-20-30(21-23-33)38-26-31(18-19-32(38)28-47)34-9-2-5-14-41(34)50-42-15-6-3-10-35(42)36-11-4-7-16-43(36)50/h2-26H. The lowest BCUT2D eigenvalue weighted by Crippen LogP contribution is -1.97. The fourth-order valence-electron chi connectivity index (χ4n) is 7.41. The van der Waals surface area contributed by atoms with Gasteiger partial charge < -0.3 is 9.13 Å². The van der Waals surface area contributed by atoms with Gasteiger partial charge in [0.2, 0.25) is 5.69 Å². The molecule has 0 N–H and O–H groups in total. The van der Waals surface area contributed by atoms with E-state index in [4.69, 9.17) is 6.57 Å². The first-order valence-electron chi connectivity index (χ1n) is 16.3. The Morgan fingerprint density at radius 1 is 0.500 bits per heavy atom. The summed E-state index contributed by atoms with van der Waals surface area (Å²) in [7, 11) is 0. The van der Waals surface area contributed by atoms with Crippen LogP contribution in [0.3, 0.4) is 0 Å². The number of hydrogen-bond acceptors (Lipinski definition) is 2. The van der Waals surface area contributed by atoms with E-state index in [2.05, 4.69) is 105 Å². The summed E-state index contributed by atoms with van der Waals surface area (Å²) in [6, 6.07) is 55.6. The van der Waals surface area contributed by atoms with Crippen molar-refractivity contribution in [2.24, 2.45) is 0 Å². The number of nitriles is 2. The number of fused-ring (bicyclic) bond motifs is 6. The molecule has 0 aliphatic rings. The number of benzene rings is 7. The SMILES string of the molecule is [C-]#[N+]c1cccc2c3cc(C#N)ccc3n(-c3ccc(-c4cc(-c5ccccc5-n5c6ccccc6c6ccccc65)ccc4C#N)cc3)c12. The van der Waals surface area contributed by atoms with E-state index in [1.54, 1.807) is 0 Å². The van der Waals surface area contributed by atoms with Gasteiger partial charge in [-0.1, -0.05) is 91.0 Å². The van der Waals surface area contributed by atoms with E-state index in [0.29, 0.717) is 16.8 Å². The Balaban J connectivity index is 1.19. The van der Waals surface area contributed by atoms with Crippen LogP contribution in [0.2, 0.25) is 0 Å². The third-order valence-corrected chi connectivity index (χ3v) is 9.63. The van der Waals surface area contributed by atoms with E-state index < -0.39 is 0 Å².